The summed E-state index contributed by atoms with van der Waals surface area (Å²) in [6.45, 7) is 5.93. The minimum atomic E-state index is -0.149. The third-order valence-corrected chi connectivity index (χ3v) is 5.90. The van der Waals surface area contributed by atoms with E-state index in [1.807, 2.05) is 56.5 Å². The number of nitrogens with one attached hydrogen (secondary N) is 1. The quantitative estimate of drug-likeness (QED) is 0.517. The van der Waals surface area contributed by atoms with Gasteiger partial charge in [0.2, 0.25) is 0 Å². The third kappa shape index (κ3) is 3.04. The number of aryl methyl sites for hydroxylation is 1. The van der Waals surface area contributed by atoms with Crippen LogP contribution in [-0.2, 0) is 0 Å². The number of hydrogen-bond acceptors (Lipinski definition) is 5. The molecule has 132 valence electrons. The van der Waals surface area contributed by atoms with Crippen LogP contribution in [0.25, 0.3) is 20.8 Å². The van der Waals surface area contributed by atoms with Gasteiger partial charge in [-0.1, -0.05) is 12.1 Å². The number of carbonyl (C=O) groups is 1. The van der Waals surface area contributed by atoms with Gasteiger partial charge in [0.15, 0.2) is 0 Å². The van der Waals surface area contributed by atoms with Gasteiger partial charge in [0.1, 0.15) is 15.7 Å². The van der Waals surface area contributed by atoms with Gasteiger partial charge in [-0.25, -0.2) is 4.98 Å². The SMILES string of the molecule is Cc1cc(C(=O)Nc2sccc2-c2nc3ccccc3s2)n(C(C)C)n1. The summed E-state index contributed by atoms with van der Waals surface area (Å²) >= 11 is 3.13. The molecule has 4 aromatic rings. The molecule has 0 aliphatic rings. The van der Waals surface area contributed by atoms with Crippen LogP contribution in [0.5, 0.6) is 0 Å². The topological polar surface area (TPSA) is 59.8 Å². The van der Waals surface area contributed by atoms with Crippen molar-refractivity contribution in [1.82, 2.24) is 14.8 Å². The van der Waals surface area contributed by atoms with E-state index < -0.39 is 0 Å². The Labute approximate surface area is 159 Å². The first kappa shape index (κ1) is 16.9. The van der Waals surface area contributed by atoms with Crippen LogP contribution in [0, 0.1) is 6.92 Å². The van der Waals surface area contributed by atoms with E-state index in [1.54, 1.807) is 16.0 Å². The molecule has 0 saturated carbocycles. The lowest BCUT2D eigenvalue weighted by atomic mass is 10.3. The fourth-order valence-electron chi connectivity index (χ4n) is 2.81. The molecule has 0 fully saturated rings. The Bertz CT molecular complexity index is 1060. The Morgan fingerprint density at radius 3 is 2.81 bits per heavy atom. The second kappa shape index (κ2) is 6.66. The molecular weight excluding hydrogens is 364 g/mol. The molecule has 0 unspecified atom stereocenters. The zero-order valence-corrected chi connectivity index (χ0v) is 16.3. The van der Waals surface area contributed by atoms with Gasteiger partial charge in [-0.05, 0) is 50.4 Å². The molecule has 0 radical (unpaired) electrons. The summed E-state index contributed by atoms with van der Waals surface area (Å²) in [5.41, 5.74) is 3.34. The van der Waals surface area contributed by atoms with Gasteiger partial charge >= 0.3 is 0 Å². The number of fused-ring (bicyclic) bond motifs is 1. The Kier molecular flexibility index (Phi) is 4.34. The van der Waals surface area contributed by atoms with Gasteiger partial charge in [-0.2, -0.15) is 5.10 Å². The van der Waals surface area contributed by atoms with E-state index >= 15 is 0 Å². The molecule has 26 heavy (non-hydrogen) atoms. The van der Waals surface area contributed by atoms with Gasteiger partial charge in [-0.3, -0.25) is 9.48 Å². The van der Waals surface area contributed by atoms with Crippen LogP contribution >= 0.6 is 22.7 Å². The lowest BCUT2D eigenvalue weighted by Crippen LogP contribution is -2.18. The Balaban J connectivity index is 1.66. The highest BCUT2D eigenvalue weighted by Gasteiger charge is 2.19. The molecule has 1 amide bonds. The van der Waals surface area contributed by atoms with Crippen LogP contribution in [0.4, 0.5) is 5.00 Å². The molecule has 0 spiro atoms. The van der Waals surface area contributed by atoms with E-state index in [-0.39, 0.29) is 11.9 Å². The smallest absolute Gasteiger partial charge is 0.274 e. The van der Waals surface area contributed by atoms with E-state index in [2.05, 4.69) is 16.5 Å². The second-order valence-corrected chi connectivity index (χ2v) is 8.26. The zero-order valence-electron chi connectivity index (χ0n) is 14.7. The fourth-order valence-corrected chi connectivity index (χ4v) is 4.65. The van der Waals surface area contributed by atoms with Crippen LogP contribution in [0.3, 0.4) is 0 Å². The van der Waals surface area contributed by atoms with Crippen molar-refractivity contribution in [3.8, 4) is 10.6 Å². The minimum absolute atomic E-state index is 0.122. The third-order valence-electron chi connectivity index (χ3n) is 4.00. The number of thiazole rings is 1. The number of aromatic nitrogens is 3. The van der Waals surface area contributed by atoms with Gasteiger partial charge < -0.3 is 5.32 Å². The number of nitrogens with zero attached hydrogens (tertiary/aromatic N) is 3. The maximum absolute atomic E-state index is 12.8. The summed E-state index contributed by atoms with van der Waals surface area (Å²) < 4.78 is 2.90. The van der Waals surface area contributed by atoms with E-state index in [4.69, 9.17) is 4.98 Å². The summed E-state index contributed by atoms with van der Waals surface area (Å²) in [6, 6.07) is 12.0. The number of anilines is 1. The molecule has 1 N–H and O–H groups in total. The van der Waals surface area contributed by atoms with Crippen molar-refractivity contribution in [3.63, 3.8) is 0 Å². The van der Waals surface area contributed by atoms with E-state index in [1.165, 1.54) is 11.3 Å². The lowest BCUT2D eigenvalue weighted by Gasteiger charge is -2.11. The first-order valence-electron chi connectivity index (χ1n) is 8.34. The van der Waals surface area contributed by atoms with Gasteiger partial charge in [0.25, 0.3) is 5.91 Å². The number of thiophene rings is 1. The van der Waals surface area contributed by atoms with Crippen LogP contribution in [0.15, 0.2) is 41.8 Å². The van der Waals surface area contributed by atoms with Crippen LogP contribution in [-0.4, -0.2) is 20.7 Å². The minimum Gasteiger partial charge on any atom is -0.312 e. The monoisotopic (exact) mass is 382 g/mol. The number of carbonyl (C=O) groups excluding carboxylic acids is 1. The van der Waals surface area contributed by atoms with Crippen LogP contribution in [0.1, 0.15) is 36.1 Å². The average molecular weight is 383 g/mol. The van der Waals surface area contributed by atoms with Gasteiger partial charge in [-0.15, -0.1) is 22.7 Å². The Hall–Kier alpha value is -2.51. The highest BCUT2D eigenvalue weighted by Crippen LogP contribution is 2.37. The molecule has 0 aliphatic carbocycles. The molecule has 0 aliphatic heterocycles. The molecule has 0 atom stereocenters. The fraction of sp³-hybridized carbons (Fsp3) is 0.211. The molecule has 5 nitrogen and oxygen atoms in total. The average Bonchev–Trinajstić information content (AvgIpc) is 3.31. The van der Waals surface area contributed by atoms with Crippen molar-refractivity contribution in [2.24, 2.45) is 0 Å². The van der Waals surface area contributed by atoms with E-state index in [9.17, 15) is 4.79 Å². The summed E-state index contributed by atoms with van der Waals surface area (Å²) in [7, 11) is 0. The molecule has 3 heterocycles. The van der Waals surface area contributed by atoms with Crippen LogP contribution in [0.2, 0.25) is 0 Å². The Morgan fingerprint density at radius 1 is 1.23 bits per heavy atom. The lowest BCUT2D eigenvalue weighted by molar-refractivity contribution is 0.101. The highest BCUT2D eigenvalue weighted by molar-refractivity contribution is 7.22. The molecule has 0 bridgehead atoms. The van der Waals surface area contributed by atoms with Crippen molar-refractivity contribution < 1.29 is 4.79 Å². The highest BCUT2D eigenvalue weighted by atomic mass is 32.1. The van der Waals surface area contributed by atoms with Crippen molar-refractivity contribution in [1.29, 1.82) is 0 Å². The Morgan fingerprint density at radius 2 is 2.04 bits per heavy atom. The normalized spacial score (nSPS) is 11.4. The number of para-hydroxylation sites is 1. The van der Waals surface area contributed by atoms with Gasteiger partial charge in [0, 0.05) is 11.6 Å². The number of benzene rings is 1. The van der Waals surface area contributed by atoms with Crippen molar-refractivity contribution >= 4 is 43.8 Å². The molecule has 4 rings (SSSR count). The molecule has 0 saturated heterocycles. The molecular formula is C19H18N4OS2. The second-order valence-electron chi connectivity index (χ2n) is 6.31. The number of hydrogen-bond donors (Lipinski definition) is 1. The molecule has 3 aromatic heterocycles. The van der Waals surface area contributed by atoms with E-state index in [0.29, 0.717) is 5.69 Å². The molecule has 7 heteroatoms. The van der Waals surface area contributed by atoms with Crippen molar-refractivity contribution in [2.45, 2.75) is 26.8 Å². The first-order valence-corrected chi connectivity index (χ1v) is 10.0. The number of rotatable bonds is 4. The van der Waals surface area contributed by atoms with Crippen molar-refractivity contribution in [3.05, 3.63) is 53.2 Å². The number of amides is 1. The van der Waals surface area contributed by atoms with Crippen LogP contribution < -0.4 is 5.32 Å². The summed E-state index contributed by atoms with van der Waals surface area (Å²) in [6.07, 6.45) is 0. The predicted molar refractivity (Wildman–Crippen MR) is 108 cm³/mol. The molecule has 1 aromatic carbocycles. The summed E-state index contributed by atoms with van der Waals surface area (Å²) in [4.78, 5) is 17.5. The van der Waals surface area contributed by atoms with Gasteiger partial charge in [0.05, 0.1) is 15.9 Å². The standard InChI is InChI=1S/C19H18N4OS2/c1-11(2)23-15(10-12(3)22-23)17(24)21-18-13(8-9-25-18)19-20-14-6-4-5-7-16(14)26-19/h4-11H,1-3H3,(H,21,24). The largest absolute Gasteiger partial charge is 0.312 e. The van der Waals surface area contributed by atoms with Crippen molar-refractivity contribution in [2.75, 3.05) is 5.32 Å². The van der Waals surface area contributed by atoms with E-state index in [0.717, 1.165) is 31.5 Å². The summed E-state index contributed by atoms with van der Waals surface area (Å²) in [5, 5.41) is 11.2. The zero-order chi connectivity index (χ0) is 18.3. The maximum atomic E-state index is 12.8. The summed E-state index contributed by atoms with van der Waals surface area (Å²) in [5.74, 6) is -0.149. The predicted octanol–water partition coefficient (Wildman–Crippen LogP) is 5.36. The first-order chi connectivity index (χ1) is 12.5. The maximum Gasteiger partial charge on any atom is 0.274 e.